The molecule has 2 saturated heterocycles. The fraction of sp³-hybridized carbons (Fsp3) is 0.537. The van der Waals surface area contributed by atoms with Gasteiger partial charge >= 0.3 is 11.9 Å². The number of rotatable bonds is 16. The topological polar surface area (TPSA) is 437 Å². The molecule has 7 unspecified atom stereocenters. The van der Waals surface area contributed by atoms with E-state index in [2.05, 4.69) is 58.5 Å². The van der Waals surface area contributed by atoms with Crippen molar-refractivity contribution in [1.82, 2.24) is 58.5 Å². The van der Waals surface area contributed by atoms with Gasteiger partial charge in [0.1, 0.15) is 42.3 Å². The van der Waals surface area contributed by atoms with Gasteiger partial charge in [0, 0.05) is 43.9 Å². The van der Waals surface area contributed by atoms with E-state index in [1.165, 1.54) is 7.11 Å². The number of carbonyl (C=O) groups excluding carboxylic acids is 10. The average Bonchev–Trinajstić information content (AvgIpc) is 3.32. The van der Waals surface area contributed by atoms with E-state index in [0.29, 0.717) is 5.56 Å². The van der Waals surface area contributed by atoms with Crippen molar-refractivity contribution in [2.24, 2.45) is 5.73 Å². The molecule has 2 bridgehead atoms. The number of carboxylic acids is 2. The minimum absolute atomic E-state index is 0.0532. The molecule has 0 aromatic heterocycles. The number of methoxy groups -OCH3 is 1. The SMILES string of the molecule is COCCNC(=O)CNC(=O)C1CSCC(=O)NC(CC(=O)O)C(=O)NC2CSSCC(NC(=O)C(CC(=O)O)NC(=O)CNC(=O)C(CCCNC(=N)N)NC2=O)C(=O)NC(Cc2ccccc2)C(=O)N1. The molecular weight excluding hydrogens is 1010 g/mol. The largest absolute Gasteiger partial charge is 0.481 e. The summed E-state index contributed by atoms with van der Waals surface area (Å²) in [5.41, 5.74) is 5.87. The minimum atomic E-state index is -1.83. The number of carboxylic acid groups (broad SMARTS) is 2. The second kappa shape index (κ2) is 31.5. The van der Waals surface area contributed by atoms with Gasteiger partial charge in [-0.25, -0.2) is 0 Å². The van der Waals surface area contributed by atoms with Gasteiger partial charge in [0.2, 0.25) is 59.1 Å². The van der Waals surface area contributed by atoms with Gasteiger partial charge in [-0.3, -0.25) is 62.9 Å². The van der Waals surface area contributed by atoms with Crippen LogP contribution in [0.5, 0.6) is 0 Å². The zero-order valence-corrected chi connectivity index (χ0v) is 41.3. The highest BCUT2D eigenvalue weighted by Crippen LogP contribution is 2.24. The Morgan fingerprint density at radius 2 is 1.25 bits per heavy atom. The standard InChI is InChI=1S/C41H59N13O15S3/c1-69-11-10-44-29(55)15-46-35(63)26-17-70-20-31(57)49-25(14-33(60)61)38(66)53-27-18-71-72-19-28(40(68)51-23(36(64)52-26)12-21-6-3-2-4-7-21)54-37(65)24(13-32(58)59)48-30(56)16-47-34(62)22(50-39(27)67)8-5-9-45-41(42)43/h2-4,6-7,22-28H,5,8-20H2,1H3,(H,44,55)(H,46,63)(H,47,62)(H,48,56)(H,49,57)(H,50,67)(H,51,68)(H,52,64)(H,53,66)(H,54,65)(H,58,59)(H,60,61)(H4,42,43,45). The fourth-order valence-electron chi connectivity index (χ4n) is 6.45. The maximum absolute atomic E-state index is 14.3. The van der Waals surface area contributed by atoms with Gasteiger partial charge in [0.25, 0.3) is 0 Å². The summed E-state index contributed by atoms with van der Waals surface area (Å²) in [4.78, 5) is 160. The number of nitrogens with two attached hydrogens (primary N) is 1. The van der Waals surface area contributed by atoms with Crippen LogP contribution in [0.25, 0.3) is 0 Å². The van der Waals surface area contributed by atoms with E-state index in [0.717, 1.165) is 33.3 Å². The second-order valence-corrected chi connectivity index (χ2v) is 19.4. The van der Waals surface area contributed by atoms with Gasteiger partial charge in [0.05, 0.1) is 38.3 Å². The highest BCUT2D eigenvalue weighted by molar-refractivity contribution is 8.76. The lowest BCUT2D eigenvalue weighted by Crippen LogP contribution is -2.60. The molecule has 31 heteroatoms. The molecule has 28 nitrogen and oxygen atoms in total. The maximum Gasteiger partial charge on any atom is 0.305 e. The Morgan fingerprint density at radius 1 is 0.681 bits per heavy atom. The minimum Gasteiger partial charge on any atom is -0.481 e. The van der Waals surface area contributed by atoms with Crippen LogP contribution in [-0.2, 0) is 68.7 Å². The Bertz CT molecular complexity index is 2140. The molecule has 0 saturated carbocycles. The van der Waals surface area contributed by atoms with Crippen LogP contribution in [0, 0.1) is 5.41 Å². The van der Waals surface area contributed by atoms with Crippen molar-refractivity contribution >= 4 is 110 Å². The van der Waals surface area contributed by atoms with E-state index >= 15 is 0 Å². The van der Waals surface area contributed by atoms with Crippen molar-refractivity contribution in [3.8, 4) is 0 Å². The van der Waals surface area contributed by atoms with Crippen LogP contribution >= 0.6 is 33.3 Å². The summed E-state index contributed by atoms with van der Waals surface area (Å²) in [6, 6.07) is -3.04. The lowest BCUT2D eigenvalue weighted by Gasteiger charge is -2.27. The molecular formula is C41H59N13O15S3. The summed E-state index contributed by atoms with van der Waals surface area (Å²) in [7, 11) is 3.10. The van der Waals surface area contributed by atoms with Crippen LogP contribution in [0.2, 0.25) is 0 Å². The number of ether oxygens (including phenoxy) is 1. The third kappa shape index (κ3) is 22.5. The first-order valence-electron chi connectivity index (χ1n) is 22.0. The van der Waals surface area contributed by atoms with Crippen LogP contribution in [-0.4, -0.2) is 192 Å². The summed E-state index contributed by atoms with van der Waals surface area (Å²) < 4.78 is 4.90. The smallest absolute Gasteiger partial charge is 0.305 e. The van der Waals surface area contributed by atoms with E-state index < -0.39 is 157 Å². The van der Waals surface area contributed by atoms with Crippen molar-refractivity contribution in [3.63, 3.8) is 0 Å². The van der Waals surface area contributed by atoms with Gasteiger partial charge in [0.15, 0.2) is 5.96 Å². The van der Waals surface area contributed by atoms with Crippen LogP contribution in [0.15, 0.2) is 30.3 Å². The molecule has 7 atom stereocenters. The molecule has 1 aromatic rings. The van der Waals surface area contributed by atoms with Crippen LogP contribution in [0.4, 0.5) is 0 Å². The molecule has 2 aliphatic heterocycles. The van der Waals surface area contributed by atoms with Crippen LogP contribution in [0.1, 0.15) is 31.2 Å². The molecule has 2 fully saturated rings. The Morgan fingerprint density at radius 3 is 1.82 bits per heavy atom. The number of carbonyl (C=O) groups is 12. The summed E-state index contributed by atoms with van der Waals surface area (Å²) in [5.74, 6) is -14.9. The van der Waals surface area contributed by atoms with Crippen LogP contribution < -0.4 is 64.2 Å². The number of thioether (sulfide) groups is 1. The van der Waals surface area contributed by atoms with Crippen molar-refractivity contribution in [2.45, 2.75) is 74.4 Å². The monoisotopic (exact) mass is 1070 g/mol. The number of hydrogen-bond donors (Lipinski definition) is 15. The molecule has 0 aliphatic carbocycles. The highest BCUT2D eigenvalue weighted by atomic mass is 33.1. The normalized spacial score (nSPS) is 23.5. The quantitative estimate of drug-likeness (QED) is 0.0317. The number of benzene rings is 1. The predicted octanol–water partition coefficient (Wildman–Crippen LogP) is -6.03. The lowest BCUT2D eigenvalue weighted by atomic mass is 10.0. The molecule has 72 heavy (non-hydrogen) atoms. The third-order valence-electron chi connectivity index (χ3n) is 10.0. The van der Waals surface area contributed by atoms with E-state index in [9.17, 15) is 67.7 Å². The van der Waals surface area contributed by atoms with E-state index in [-0.39, 0.29) is 50.5 Å². The number of nitrogens with one attached hydrogen (secondary N) is 12. The molecule has 0 radical (unpaired) electrons. The Hall–Kier alpha value is -6.86. The molecule has 1 aromatic carbocycles. The van der Waals surface area contributed by atoms with E-state index in [1.54, 1.807) is 30.3 Å². The molecule has 2 heterocycles. The molecule has 2 aliphatic rings. The number of hydrogen-bond acceptors (Lipinski definition) is 17. The average molecular weight is 1070 g/mol. The van der Waals surface area contributed by atoms with E-state index in [4.69, 9.17) is 15.9 Å². The van der Waals surface area contributed by atoms with Gasteiger partial charge in [-0.15, -0.1) is 11.8 Å². The number of fused-ring (bicyclic) bond motifs is 5. The molecule has 396 valence electrons. The number of guanidine groups is 1. The molecule has 10 amide bonds. The van der Waals surface area contributed by atoms with Gasteiger partial charge in [-0.1, -0.05) is 51.9 Å². The highest BCUT2D eigenvalue weighted by Gasteiger charge is 2.35. The van der Waals surface area contributed by atoms with E-state index in [1.807, 2.05) is 0 Å². The second-order valence-electron chi connectivity index (χ2n) is 15.8. The van der Waals surface area contributed by atoms with Gasteiger partial charge < -0.3 is 79.2 Å². The Kier molecular flexibility index (Phi) is 26.0. The summed E-state index contributed by atoms with van der Waals surface area (Å²) >= 11 is 0.755. The zero-order valence-electron chi connectivity index (χ0n) is 38.8. The molecule has 3 rings (SSSR count). The first kappa shape index (κ1) is 59.4. The molecule has 16 N–H and O–H groups in total. The van der Waals surface area contributed by atoms with Crippen molar-refractivity contribution < 1.29 is 72.5 Å². The number of amides is 10. The van der Waals surface area contributed by atoms with Crippen molar-refractivity contribution in [1.29, 1.82) is 5.41 Å². The lowest BCUT2D eigenvalue weighted by molar-refractivity contribution is -0.141. The van der Waals surface area contributed by atoms with Gasteiger partial charge in [-0.05, 0) is 18.4 Å². The van der Waals surface area contributed by atoms with Crippen molar-refractivity contribution in [3.05, 3.63) is 35.9 Å². The summed E-state index contributed by atoms with van der Waals surface area (Å²) in [6.07, 6.45) is -2.22. The third-order valence-corrected chi connectivity index (χ3v) is 13.5. The number of aliphatic carboxylic acids is 2. The Balaban J connectivity index is 2.15. The van der Waals surface area contributed by atoms with Crippen molar-refractivity contribution in [2.75, 3.05) is 62.9 Å². The predicted molar refractivity (Wildman–Crippen MR) is 260 cm³/mol. The summed E-state index contributed by atoms with van der Waals surface area (Å²) in [6.45, 7) is -1.08. The zero-order chi connectivity index (χ0) is 53.2. The summed E-state index contributed by atoms with van der Waals surface area (Å²) in [5, 5.41) is 53.5. The maximum atomic E-state index is 14.3. The first-order chi connectivity index (χ1) is 34.3. The Labute approximate surface area is 424 Å². The van der Waals surface area contributed by atoms with Crippen LogP contribution in [0.3, 0.4) is 0 Å². The first-order valence-corrected chi connectivity index (χ1v) is 25.7. The van der Waals surface area contributed by atoms with Gasteiger partial charge in [-0.2, -0.15) is 0 Å². The molecule has 0 spiro atoms. The fourth-order valence-corrected chi connectivity index (χ4v) is 9.64.